The second-order valence-corrected chi connectivity index (χ2v) is 8.26. The van der Waals surface area contributed by atoms with Crippen LogP contribution in [0.4, 0.5) is 5.69 Å². The van der Waals surface area contributed by atoms with Gasteiger partial charge in [-0.05, 0) is 58.0 Å². The van der Waals surface area contributed by atoms with Crippen molar-refractivity contribution in [1.82, 2.24) is 29.5 Å². The first-order valence-electron chi connectivity index (χ1n) is 9.79. The van der Waals surface area contributed by atoms with Crippen LogP contribution in [-0.4, -0.2) is 35.4 Å². The summed E-state index contributed by atoms with van der Waals surface area (Å²) in [5.74, 6) is 0.372. The highest BCUT2D eigenvalue weighted by Gasteiger charge is 2.19. The average Bonchev–Trinajstić information content (AvgIpc) is 3.32. The molecule has 8 nitrogen and oxygen atoms in total. The number of anilines is 1. The quantitative estimate of drug-likeness (QED) is 0.466. The van der Waals surface area contributed by atoms with E-state index in [2.05, 4.69) is 41.4 Å². The Morgan fingerprint density at radius 3 is 2.52 bits per heavy atom. The Bertz CT molecular complexity index is 1240. The van der Waals surface area contributed by atoms with Crippen LogP contribution in [0.2, 0.25) is 0 Å². The highest BCUT2D eigenvalue weighted by atomic mass is 79.9. The molecular formula is C22H22BrN7O. The van der Waals surface area contributed by atoms with Crippen LogP contribution < -0.4 is 5.32 Å². The van der Waals surface area contributed by atoms with Crippen LogP contribution in [0.15, 0.2) is 47.2 Å². The predicted octanol–water partition coefficient (Wildman–Crippen LogP) is 4.03. The summed E-state index contributed by atoms with van der Waals surface area (Å²) in [4.78, 5) is 21.9. The molecule has 1 aromatic carbocycles. The number of benzene rings is 1. The number of aryl methyl sites for hydroxylation is 3. The van der Waals surface area contributed by atoms with Gasteiger partial charge in [0.2, 0.25) is 5.91 Å². The highest BCUT2D eigenvalue weighted by molar-refractivity contribution is 9.10. The van der Waals surface area contributed by atoms with Crippen molar-refractivity contribution >= 4 is 27.5 Å². The maximum absolute atomic E-state index is 12.9. The standard InChI is InChI=1S/C22H22BrN7O/c1-13-10-14(2)26-22(25-13)30-16(4)18(15(3)28-30)12-21(31)27-19-11-17(23)6-7-20(19)29-9-5-8-24-29/h5-11H,12H2,1-4H3,(H,27,31). The van der Waals surface area contributed by atoms with Crippen molar-refractivity contribution in [3.8, 4) is 11.6 Å². The number of halogens is 1. The smallest absolute Gasteiger partial charge is 0.251 e. The van der Waals surface area contributed by atoms with Gasteiger partial charge in [-0.15, -0.1) is 0 Å². The molecule has 1 amide bonds. The van der Waals surface area contributed by atoms with Gasteiger partial charge >= 0.3 is 0 Å². The summed E-state index contributed by atoms with van der Waals surface area (Å²) in [6, 6.07) is 9.43. The van der Waals surface area contributed by atoms with Crippen molar-refractivity contribution in [2.75, 3.05) is 5.32 Å². The Labute approximate surface area is 188 Å². The Kier molecular flexibility index (Phi) is 5.69. The topological polar surface area (TPSA) is 90.5 Å². The zero-order valence-electron chi connectivity index (χ0n) is 17.7. The van der Waals surface area contributed by atoms with Crippen LogP contribution in [0.1, 0.15) is 28.3 Å². The molecule has 158 valence electrons. The van der Waals surface area contributed by atoms with Crippen LogP contribution in [0, 0.1) is 27.7 Å². The van der Waals surface area contributed by atoms with E-state index >= 15 is 0 Å². The molecule has 0 bridgehead atoms. The van der Waals surface area contributed by atoms with Crippen LogP contribution in [-0.2, 0) is 11.2 Å². The second kappa shape index (κ2) is 8.43. The lowest BCUT2D eigenvalue weighted by Crippen LogP contribution is -2.17. The van der Waals surface area contributed by atoms with Gasteiger partial charge in [-0.25, -0.2) is 19.3 Å². The van der Waals surface area contributed by atoms with E-state index in [1.54, 1.807) is 15.6 Å². The lowest BCUT2D eigenvalue weighted by Gasteiger charge is -2.12. The molecule has 1 N–H and O–H groups in total. The molecule has 31 heavy (non-hydrogen) atoms. The lowest BCUT2D eigenvalue weighted by atomic mass is 10.1. The lowest BCUT2D eigenvalue weighted by molar-refractivity contribution is -0.115. The van der Waals surface area contributed by atoms with Crippen LogP contribution >= 0.6 is 15.9 Å². The molecule has 4 aromatic rings. The zero-order chi connectivity index (χ0) is 22.1. The molecule has 0 atom stereocenters. The van der Waals surface area contributed by atoms with Crippen molar-refractivity contribution in [3.63, 3.8) is 0 Å². The number of hydrogen-bond acceptors (Lipinski definition) is 5. The molecule has 0 unspecified atom stereocenters. The summed E-state index contributed by atoms with van der Waals surface area (Å²) in [5, 5.41) is 11.9. The normalized spacial score (nSPS) is 11.0. The van der Waals surface area contributed by atoms with E-state index in [1.807, 2.05) is 64.2 Å². The molecule has 0 saturated carbocycles. The van der Waals surface area contributed by atoms with Crippen LogP contribution in [0.5, 0.6) is 0 Å². The van der Waals surface area contributed by atoms with E-state index < -0.39 is 0 Å². The van der Waals surface area contributed by atoms with E-state index in [0.717, 1.165) is 38.5 Å². The number of rotatable bonds is 5. The van der Waals surface area contributed by atoms with Gasteiger partial charge in [-0.1, -0.05) is 15.9 Å². The minimum atomic E-state index is -0.140. The molecule has 0 fully saturated rings. The summed E-state index contributed by atoms with van der Waals surface area (Å²) >= 11 is 3.47. The molecule has 0 radical (unpaired) electrons. The van der Waals surface area contributed by atoms with Crippen LogP contribution in [0.25, 0.3) is 11.6 Å². The molecule has 0 spiro atoms. The largest absolute Gasteiger partial charge is 0.324 e. The zero-order valence-corrected chi connectivity index (χ0v) is 19.3. The predicted molar refractivity (Wildman–Crippen MR) is 122 cm³/mol. The van der Waals surface area contributed by atoms with E-state index in [-0.39, 0.29) is 12.3 Å². The van der Waals surface area contributed by atoms with E-state index in [1.165, 1.54) is 0 Å². The van der Waals surface area contributed by atoms with Crippen molar-refractivity contribution in [2.45, 2.75) is 34.1 Å². The Morgan fingerprint density at radius 1 is 1.10 bits per heavy atom. The number of hydrogen-bond donors (Lipinski definition) is 1. The molecule has 3 heterocycles. The summed E-state index contributed by atoms with van der Waals surface area (Å²) in [5.41, 5.74) is 5.68. The third-order valence-electron chi connectivity index (χ3n) is 4.92. The fourth-order valence-corrected chi connectivity index (χ4v) is 3.86. The third-order valence-corrected chi connectivity index (χ3v) is 5.42. The summed E-state index contributed by atoms with van der Waals surface area (Å²) < 4.78 is 4.28. The van der Waals surface area contributed by atoms with Gasteiger partial charge in [0.1, 0.15) is 0 Å². The first-order valence-corrected chi connectivity index (χ1v) is 10.6. The van der Waals surface area contributed by atoms with E-state index in [0.29, 0.717) is 11.6 Å². The van der Waals surface area contributed by atoms with Gasteiger partial charge in [0.15, 0.2) is 0 Å². The van der Waals surface area contributed by atoms with E-state index in [4.69, 9.17) is 0 Å². The number of carbonyl (C=O) groups is 1. The fraction of sp³-hybridized carbons (Fsp3) is 0.227. The highest BCUT2D eigenvalue weighted by Crippen LogP contribution is 2.25. The van der Waals surface area contributed by atoms with Crippen molar-refractivity contribution in [3.05, 3.63) is 75.5 Å². The molecule has 0 aliphatic carbocycles. The van der Waals surface area contributed by atoms with Crippen molar-refractivity contribution in [2.24, 2.45) is 0 Å². The number of amides is 1. The molecule has 3 aromatic heterocycles. The van der Waals surface area contributed by atoms with Crippen LogP contribution in [0.3, 0.4) is 0 Å². The first kappa shape index (κ1) is 20.9. The minimum absolute atomic E-state index is 0.140. The first-order chi connectivity index (χ1) is 14.8. The molecular weight excluding hydrogens is 458 g/mol. The van der Waals surface area contributed by atoms with Crippen molar-refractivity contribution in [1.29, 1.82) is 0 Å². The number of nitrogens with zero attached hydrogens (tertiary/aromatic N) is 6. The van der Waals surface area contributed by atoms with Gasteiger partial charge < -0.3 is 5.32 Å². The Balaban J connectivity index is 1.61. The van der Waals surface area contributed by atoms with Gasteiger partial charge in [0.25, 0.3) is 5.95 Å². The third kappa shape index (κ3) is 4.41. The maximum Gasteiger partial charge on any atom is 0.251 e. The minimum Gasteiger partial charge on any atom is -0.324 e. The van der Waals surface area contributed by atoms with Gasteiger partial charge in [0, 0.05) is 39.5 Å². The summed E-state index contributed by atoms with van der Waals surface area (Å²) in [6.07, 6.45) is 3.72. The Hall–Kier alpha value is -3.33. The number of carbonyl (C=O) groups excluding carboxylic acids is 1. The molecule has 9 heteroatoms. The summed E-state index contributed by atoms with van der Waals surface area (Å²) in [6.45, 7) is 7.67. The number of nitrogens with one attached hydrogen (secondary N) is 1. The van der Waals surface area contributed by atoms with Gasteiger partial charge in [-0.2, -0.15) is 10.2 Å². The van der Waals surface area contributed by atoms with Gasteiger partial charge in [0.05, 0.1) is 23.5 Å². The van der Waals surface area contributed by atoms with E-state index in [9.17, 15) is 4.79 Å². The number of aromatic nitrogens is 6. The molecule has 4 rings (SSSR count). The van der Waals surface area contributed by atoms with Crippen molar-refractivity contribution < 1.29 is 4.79 Å². The summed E-state index contributed by atoms with van der Waals surface area (Å²) in [7, 11) is 0. The SMILES string of the molecule is Cc1cc(C)nc(-n2nc(C)c(CC(=O)Nc3cc(Br)ccc3-n3cccn3)c2C)n1. The molecule has 0 aliphatic rings. The van der Waals surface area contributed by atoms with Gasteiger partial charge in [-0.3, -0.25) is 4.79 Å². The monoisotopic (exact) mass is 479 g/mol. The Morgan fingerprint density at radius 2 is 1.84 bits per heavy atom. The maximum atomic E-state index is 12.9. The second-order valence-electron chi connectivity index (χ2n) is 7.35. The molecule has 0 saturated heterocycles. The fourth-order valence-electron chi connectivity index (χ4n) is 3.50. The molecule has 0 aliphatic heterocycles. The average molecular weight is 480 g/mol.